The number of nitrogens with one attached hydrogen (secondary N) is 1. The van der Waals surface area contributed by atoms with Crippen LogP contribution in [0, 0.1) is 0 Å². The Morgan fingerprint density at radius 2 is 2.07 bits per heavy atom. The van der Waals surface area contributed by atoms with Gasteiger partial charge >= 0.3 is 0 Å². The fourth-order valence-electron chi connectivity index (χ4n) is 3.36. The van der Waals surface area contributed by atoms with Crippen molar-refractivity contribution in [1.29, 1.82) is 0 Å². The van der Waals surface area contributed by atoms with Crippen molar-refractivity contribution in [3.8, 4) is 0 Å². The molecule has 5 nitrogen and oxygen atoms in total. The van der Waals surface area contributed by atoms with Crippen molar-refractivity contribution in [2.45, 2.75) is 45.0 Å². The Balaban J connectivity index is 0.00000280. The van der Waals surface area contributed by atoms with Gasteiger partial charge in [-0.1, -0.05) is 30.3 Å². The molecule has 0 aliphatic carbocycles. The molecule has 0 saturated carbocycles. The second-order valence-corrected chi connectivity index (χ2v) is 9.27. The Bertz CT molecular complexity index is 744. The van der Waals surface area contributed by atoms with Crippen molar-refractivity contribution in [2.24, 2.45) is 4.99 Å². The average Bonchev–Trinajstić information content (AvgIpc) is 3.11. The predicted molar refractivity (Wildman–Crippen MR) is 131 cm³/mol. The van der Waals surface area contributed by atoms with Gasteiger partial charge in [-0.2, -0.15) is 11.8 Å². The van der Waals surface area contributed by atoms with Gasteiger partial charge in [0, 0.05) is 49.1 Å². The first-order valence-electron chi connectivity index (χ1n) is 9.78. The summed E-state index contributed by atoms with van der Waals surface area (Å²) in [4.78, 5) is 11.8. The average molecular weight is 513 g/mol. The normalized spacial score (nSPS) is 16.5. The van der Waals surface area contributed by atoms with Crippen LogP contribution >= 0.6 is 35.7 Å². The largest absolute Gasteiger partial charge is 0.357 e. The summed E-state index contributed by atoms with van der Waals surface area (Å²) in [5.41, 5.74) is 1.35. The third-order valence-electron chi connectivity index (χ3n) is 4.72. The Kier molecular flexibility index (Phi) is 9.14. The highest BCUT2D eigenvalue weighted by atomic mass is 127. The summed E-state index contributed by atoms with van der Waals surface area (Å²) in [7, 11) is 0. The third-order valence-corrected chi connectivity index (χ3v) is 6.01. The number of thioether (sulfide) groups is 1. The molecule has 1 aliphatic rings. The third kappa shape index (κ3) is 6.69. The highest BCUT2D eigenvalue weighted by Crippen LogP contribution is 2.29. The number of benzene rings is 1. The van der Waals surface area contributed by atoms with E-state index in [1.165, 1.54) is 5.56 Å². The smallest absolute Gasteiger partial charge is 0.194 e. The van der Waals surface area contributed by atoms with Gasteiger partial charge in [0.05, 0.1) is 0 Å². The van der Waals surface area contributed by atoms with Gasteiger partial charge in [-0.05, 0) is 32.8 Å². The fraction of sp³-hybridized carbons (Fsp3) is 0.524. The molecule has 7 heteroatoms. The Hall–Kier alpha value is -1.22. The topological polar surface area (TPSA) is 45.5 Å². The van der Waals surface area contributed by atoms with Gasteiger partial charge in [0.1, 0.15) is 12.4 Å². The van der Waals surface area contributed by atoms with Gasteiger partial charge in [-0.25, -0.2) is 9.98 Å². The zero-order chi connectivity index (χ0) is 19.1. The van der Waals surface area contributed by atoms with Crippen molar-refractivity contribution in [2.75, 3.05) is 25.4 Å². The number of rotatable bonds is 6. The van der Waals surface area contributed by atoms with Crippen LogP contribution in [0.1, 0.15) is 32.2 Å². The number of halogens is 1. The summed E-state index contributed by atoms with van der Waals surface area (Å²) in [6, 6.07) is 10.6. The number of imidazole rings is 1. The summed E-state index contributed by atoms with van der Waals surface area (Å²) in [6.45, 7) is 11.2. The second kappa shape index (κ2) is 11.1. The summed E-state index contributed by atoms with van der Waals surface area (Å²) in [6.07, 6.45) is 4.94. The first-order chi connectivity index (χ1) is 13.1. The molecule has 3 rings (SSSR count). The van der Waals surface area contributed by atoms with Crippen LogP contribution < -0.4 is 5.32 Å². The minimum Gasteiger partial charge on any atom is -0.357 e. The Morgan fingerprint density at radius 1 is 1.29 bits per heavy atom. The molecular weight excluding hydrogens is 481 g/mol. The maximum Gasteiger partial charge on any atom is 0.194 e. The van der Waals surface area contributed by atoms with E-state index in [4.69, 9.17) is 4.99 Å². The summed E-state index contributed by atoms with van der Waals surface area (Å²) in [5, 5.41) is 3.46. The Labute approximate surface area is 190 Å². The quantitative estimate of drug-likeness (QED) is 0.360. The molecule has 2 aromatic rings. The van der Waals surface area contributed by atoms with E-state index >= 15 is 0 Å². The second-order valence-electron chi connectivity index (χ2n) is 7.47. The van der Waals surface area contributed by atoms with Crippen LogP contribution in [-0.2, 0) is 19.5 Å². The fourth-order valence-corrected chi connectivity index (χ4v) is 4.47. The van der Waals surface area contributed by atoms with Crippen molar-refractivity contribution in [3.05, 3.63) is 54.1 Å². The van der Waals surface area contributed by atoms with E-state index in [2.05, 4.69) is 77.1 Å². The van der Waals surface area contributed by atoms with E-state index in [0.29, 0.717) is 6.54 Å². The monoisotopic (exact) mass is 513 g/mol. The maximum atomic E-state index is 4.90. The lowest BCUT2D eigenvalue weighted by Gasteiger charge is -2.39. The lowest BCUT2D eigenvalue weighted by atomic mass is 10.1. The molecule has 1 N–H and O–H groups in total. The molecule has 1 fully saturated rings. The minimum atomic E-state index is 0. The van der Waals surface area contributed by atoms with Gasteiger partial charge in [0.2, 0.25) is 0 Å². The van der Waals surface area contributed by atoms with Gasteiger partial charge in [0.25, 0.3) is 0 Å². The Morgan fingerprint density at radius 3 is 2.79 bits per heavy atom. The van der Waals surface area contributed by atoms with Crippen molar-refractivity contribution >= 4 is 41.7 Å². The zero-order valence-electron chi connectivity index (χ0n) is 17.1. The molecule has 1 aliphatic heterocycles. The standard InChI is InChI=1S/C21H31N5S.HI/c1-4-22-20(26-14-15-27-21(2,3)17-26)24-16-19-23-11-13-25(19)12-10-18-8-6-5-7-9-18;/h5-9,11,13H,4,10,12,14-17H2,1-3H3,(H,22,24);1H. The molecule has 0 amide bonds. The molecule has 0 bridgehead atoms. The predicted octanol–water partition coefficient (Wildman–Crippen LogP) is 4.04. The van der Waals surface area contributed by atoms with E-state index in [1.54, 1.807) is 0 Å². The van der Waals surface area contributed by atoms with Crippen molar-refractivity contribution in [3.63, 3.8) is 0 Å². The van der Waals surface area contributed by atoms with Crippen LogP contribution in [0.5, 0.6) is 0 Å². The molecular formula is C21H32IN5S. The minimum absolute atomic E-state index is 0. The summed E-state index contributed by atoms with van der Waals surface area (Å²) < 4.78 is 2.48. The summed E-state index contributed by atoms with van der Waals surface area (Å²) >= 11 is 2.04. The number of hydrogen-bond acceptors (Lipinski definition) is 3. The van der Waals surface area contributed by atoms with E-state index in [9.17, 15) is 0 Å². The van der Waals surface area contributed by atoms with Gasteiger partial charge < -0.3 is 14.8 Å². The van der Waals surface area contributed by atoms with Crippen LogP contribution in [0.3, 0.4) is 0 Å². The first-order valence-corrected chi connectivity index (χ1v) is 10.8. The molecule has 0 spiro atoms. The molecule has 1 aromatic heterocycles. The van der Waals surface area contributed by atoms with Crippen molar-refractivity contribution in [1.82, 2.24) is 19.8 Å². The molecule has 0 radical (unpaired) electrons. The maximum absolute atomic E-state index is 4.90. The number of aryl methyl sites for hydroxylation is 2. The van der Waals surface area contributed by atoms with Crippen LogP contribution in [0.4, 0.5) is 0 Å². The van der Waals surface area contributed by atoms with Crippen LogP contribution in [0.2, 0.25) is 0 Å². The van der Waals surface area contributed by atoms with Crippen LogP contribution in [-0.4, -0.2) is 50.5 Å². The number of guanidine groups is 1. The molecule has 1 saturated heterocycles. The lowest BCUT2D eigenvalue weighted by molar-refractivity contribution is 0.375. The van der Waals surface area contributed by atoms with Crippen molar-refractivity contribution < 1.29 is 0 Å². The van der Waals surface area contributed by atoms with E-state index < -0.39 is 0 Å². The van der Waals surface area contributed by atoms with Crippen LogP contribution in [0.15, 0.2) is 47.7 Å². The molecule has 0 atom stereocenters. The summed E-state index contributed by atoms with van der Waals surface area (Å²) in [5.74, 6) is 3.17. The van der Waals surface area contributed by atoms with E-state index in [0.717, 1.165) is 50.1 Å². The molecule has 28 heavy (non-hydrogen) atoms. The molecule has 1 aromatic carbocycles. The SMILES string of the molecule is CCNC(=NCc1nccn1CCc1ccccc1)N1CCSC(C)(C)C1.I. The van der Waals surface area contributed by atoms with E-state index in [1.807, 2.05) is 18.0 Å². The highest BCUT2D eigenvalue weighted by Gasteiger charge is 2.28. The zero-order valence-corrected chi connectivity index (χ0v) is 20.2. The highest BCUT2D eigenvalue weighted by molar-refractivity contribution is 14.0. The molecule has 0 unspecified atom stereocenters. The van der Waals surface area contributed by atoms with Gasteiger partial charge in [-0.15, -0.1) is 24.0 Å². The number of nitrogens with zero attached hydrogens (tertiary/aromatic N) is 4. The molecule has 2 heterocycles. The van der Waals surface area contributed by atoms with E-state index in [-0.39, 0.29) is 28.7 Å². The number of aromatic nitrogens is 2. The molecule has 154 valence electrons. The first kappa shape index (κ1) is 23.1. The van der Waals surface area contributed by atoms with Gasteiger partial charge in [0.15, 0.2) is 5.96 Å². The number of hydrogen-bond donors (Lipinski definition) is 1. The van der Waals surface area contributed by atoms with Crippen LogP contribution in [0.25, 0.3) is 0 Å². The number of aliphatic imine (C=N–C) groups is 1. The van der Waals surface area contributed by atoms with Gasteiger partial charge in [-0.3, -0.25) is 0 Å². The lowest BCUT2D eigenvalue weighted by Crippen LogP contribution is -2.51.